The predicted octanol–water partition coefficient (Wildman–Crippen LogP) is 4.26. The molecule has 3 aromatic rings. The molecule has 21 heavy (non-hydrogen) atoms. The summed E-state index contributed by atoms with van der Waals surface area (Å²) in [6.07, 6.45) is 1.52. The average molecular weight is 319 g/mol. The minimum absolute atomic E-state index is 0.157. The number of carboxylic acids is 1. The number of carbonyl (C=O) groups is 1. The lowest BCUT2D eigenvalue weighted by atomic mass is 10.1. The van der Waals surface area contributed by atoms with Crippen LogP contribution in [0.1, 0.15) is 15.9 Å². The van der Waals surface area contributed by atoms with E-state index in [2.05, 4.69) is 5.10 Å². The molecule has 1 N–H and O–H groups in total. The molecule has 106 valence electrons. The normalized spacial score (nSPS) is 10.8. The van der Waals surface area contributed by atoms with Gasteiger partial charge in [0.15, 0.2) is 0 Å². The number of benzene rings is 1. The van der Waals surface area contributed by atoms with E-state index in [1.54, 1.807) is 16.1 Å². The molecule has 0 unspecified atom stereocenters. The molecule has 0 fully saturated rings. The lowest BCUT2D eigenvalue weighted by molar-refractivity contribution is 0.0697. The lowest BCUT2D eigenvalue weighted by Gasteiger charge is -2.01. The van der Waals surface area contributed by atoms with E-state index in [1.807, 2.05) is 31.2 Å². The van der Waals surface area contributed by atoms with Crippen molar-refractivity contribution in [1.82, 2.24) is 9.78 Å². The van der Waals surface area contributed by atoms with Gasteiger partial charge >= 0.3 is 5.97 Å². The number of hydrogen-bond donors (Lipinski definition) is 1. The summed E-state index contributed by atoms with van der Waals surface area (Å²) in [6, 6.07) is 9.44. The molecule has 0 spiro atoms. The standard InChI is InChI=1S/C15H11ClN2O2S/c1-9-2-4-11(5-3-9)18-7-12(15(19)20)14(17-18)10-6-13(16)21-8-10/h2-8H,1H3,(H,19,20). The Balaban J connectivity index is 2.12. The quantitative estimate of drug-likeness (QED) is 0.785. The van der Waals surface area contributed by atoms with E-state index in [9.17, 15) is 9.90 Å². The van der Waals surface area contributed by atoms with Gasteiger partial charge in [0, 0.05) is 17.1 Å². The van der Waals surface area contributed by atoms with Crippen LogP contribution >= 0.6 is 22.9 Å². The number of thiophene rings is 1. The minimum atomic E-state index is -1.01. The number of aromatic nitrogens is 2. The SMILES string of the molecule is Cc1ccc(-n2cc(C(=O)O)c(-c3csc(Cl)c3)n2)cc1. The van der Waals surface area contributed by atoms with Crippen LogP contribution in [0.15, 0.2) is 41.9 Å². The molecule has 0 aliphatic heterocycles. The topological polar surface area (TPSA) is 55.1 Å². The summed E-state index contributed by atoms with van der Waals surface area (Å²) in [5.74, 6) is -1.01. The van der Waals surface area contributed by atoms with Crippen molar-refractivity contribution < 1.29 is 9.90 Å². The smallest absolute Gasteiger partial charge is 0.339 e. The van der Waals surface area contributed by atoms with Crippen molar-refractivity contribution in [2.24, 2.45) is 0 Å². The van der Waals surface area contributed by atoms with Gasteiger partial charge in [0.25, 0.3) is 0 Å². The minimum Gasteiger partial charge on any atom is -0.478 e. The van der Waals surface area contributed by atoms with Crippen molar-refractivity contribution in [2.45, 2.75) is 6.92 Å². The fraction of sp³-hybridized carbons (Fsp3) is 0.0667. The highest BCUT2D eigenvalue weighted by atomic mass is 35.5. The highest BCUT2D eigenvalue weighted by molar-refractivity contribution is 7.14. The number of halogens is 1. The molecule has 6 heteroatoms. The Morgan fingerprint density at radius 2 is 2.05 bits per heavy atom. The highest BCUT2D eigenvalue weighted by Crippen LogP contribution is 2.30. The Morgan fingerprint density at radius 1 is 1.33 bits per heavy atom. The number of rotatable bonds is 3. The second-order valence-corrected chi connectivity index (χ2v) is 6.16. The first-order valence-electron chi connectivity index (χ1n) is 6.19. The van der Waals surface area contributed by atoms with Crippen molar-refractivity contribution in [3.63, 3.8) is 0 Å². The van der Waals surface area contributed by atoms with Crippen LogP contribution in [0.25, 0.3) is 16.9 Å². The zero-order valence-corrected chi connectivity index (χ0v) is 12.6. The second kappa shape index (κ2) is 5.35. The number of carboxylic acid groups (broad SMARTS) is 1. The molecular formula is C15H11ClN2O2S. The van der Waals surface area contributed by atoms with E-state index in [-0.39, 0.29) is 5.56 Å². The number of hydrogen-bond acceptors (Lipinski definition) is 3. The second-order valence-electron chi connectivity index (χ2n) is 4.62. The molecule has 0 aliphatic carbocycles. The summed E-state index contributed by atoms with van der Waals surface area (Å²) in [7, 11) is 0. The molecule has 4 nitrogen and oxygen atoms in total. The van der Waals surface area contributed by atoms with Crippen LogP contribution in [0.4, 0.5) is 0 Å². The summed E-state index contributed by atoms with van der Waals surface area (Å²) < 4.78 is 2.18. The molecule has 0 amide bonds. The van der Waals surface area contributed by atoms with Crippen LogP contribution in [0.3, 0.4) is 0 Å². The molecule has 0 saturated heterocycles. The van der Waals surface area contributed by atoms with Crippen molar-refractivity contribution in [3.05, 3.63) is 57.4 Å². The summed E-state index contributed by atoms with van der Waals surface area (Å²) >= 11 is 7.27. The van der Waals surface area contributed by atoms with Gasteiger partial charge < -0.3 is 5.11 Å². The van der Waals surface area contributed by atoms with Gasteiger partial charge in [-0.25, -0.2) is 9.48 Å². The van der Waals surface area contributed by atoms with Crippen LogP contribution in [-0.2, 0) is 0 Å². The van der Waals surface area contributed by atoms with Gasteiger partial charge in [-0.15, -0.1) is 11.3 Å². The molecule has 1 aromatic carbocycles. The van der Waals surface area contributed by atoms with Gasteiger partial charge in [0.1, 0.15) is 11.3 Å². The van der Waals surface area contributed by atoms with Crippen molar-refractivity contribution in [3.8, 4) is 16.9 Å². The van der Waals surface area contributed by atoms with Crippen molar-refractivity contribution >= 4 is 28.9 Å². The summed E-state index contributed by atoms with van der Waals surface area (Å²) in [5, 5.41) is 15.6. The van der Waals surface area contributed by atoms with Crippen LogP contribution in [0.2, 0.25) is 4.34 Å². The summed E-state index contributed by atoms with van der Waals surface area (Å²) in [4.78, 5) is 11.4. The molecular weight excluding hydrogens is 308 g/mol. The third-order valence-corrected chi connectivity index (χ3v) is 4.18. The van der Waals surface area contributed by atoms with Crippen LogP contribution < -0.4 is 0 Å². The van der Waals surface area contributed by atoms with E-state index < -0.39 is 5.97 Å². The maximum atomic E-state index is 11.4. The maximum Gasteiger partial charge on any atom is 0.339 e. The Kier molecular flexibility index (Phi) is 3.53. The van der Waals surface area contributed by atoms with Crippen molar-refractivity contribution in [1.29, 1.82) is 0 Å². The zero-order chi connectivity index (χ0) is 15.0. The highest BCUT2D eigenvalue weighted by Gasteiger charge is 2.18. The van der Waals surface area contributed by atoms with Crippen LogP contribution in [0.5, 0.6) is 0 Å². The van der Waals surface area contributed by atoms with Gasteiger partial charge in [-0.1, -0.05) is 29.3 Å². The third-order valence-electron chi connectivity index (χ3n) is 3.08. The Morgan fingerprint density at radius 3 is 2.62 bits per heavy atom. The van der Waals surface area contributed by atoms with Gasteiger partial charge in [-0.05, 0) is 25.1 Å². The first-order chi connectivity index (χ1) is 10.0. The molecule has 2 aromatic heterocycles. The van der Waals surface area contributed by atoms with Gasteiger partial charge in [-0.3, -0.25) is 0 Å². The van der Waals surface area contributed by atoms with Crippen molar-refractivity contribution in [2.75, 3.05) is 0 Å². The molecule has 0 radical (unpaired) electrons. The van der Waals surface area contributed by atoms with Gasteiger partial charge in [0.05, 0.1) is 10.0 Å². The van der Waals surface area contributed by atoms with E-state index >= 15 is 0 Å². The van der Waals surface area contributed by atoms with E-state index in [0.29, 0.717) is 15.6 Å². The number of aromatic carboxylic acids is 1. The first-order valence-corrected chi connectivity index (χ1v) is 7.45. The maximum absolute atomic E-state index is 11.4. The Hall–Kier alpha value is -2.11. The lowest BCUT2D eigenvalue weighted by Crippen LogP contribution is -1.96. The fourth-order valence-electron chi connectivity index (χ4n) is 2.01. The summed E-state index contributed by atoms with van der Waals surface area (Å²) in [5.41, 5.74) is 3.24. The summed E-state index contributed by atoms with van der Waals surface area (Å²) in [6.45, 7) is 1.99. The predicted molar refractivity (Wildman–Crippen MR) is 83.6 cm³/mol. The molecule has 3 rings (SSSR count). The van der Waals surface area contributed by atoms with Crippen LogP contribution in [0, 0.1) is 6.92 Å². The third kappa shape index (κ3) is 2.70. The van der Waals surface area contributed by atoms with E-state index in [0.717, 1.165) is 11.3 Å². The van der Waals surface area contributed by atoms with Gasteiger partial charge in [0.2, 0.25) is 0 Å². The Labute approximate surface area is 130 Å². The average Bonchev–Trinajstić information content (AvgIpc) is 3.05. The molecule has 2 heterocycles. The molecule has 0 aliphatic rings. The van der Waals surface area contributed by atoms with E-state index in [4.69, 9.17) is 11.6 Å². The fourth-order valence-corrected chi connectivity index (χ4v) is 2.87. The van der Waals surface area contributed by atoms with Crippen LogP contribution in [-0.4, -0.2) is 20.9 Å². The number of aryl methyl sites for hydroxylation is 1. The molecule has 0 atom stereocenters. The molecule has 0 bridgehead atoms. The Bertz CT molecular complexity index is 805. The first kappa shape index (κ1) is 13.9. The monoisotopic (exact) mass is 318 g/mol. The van der Waals surface area contributed by atoms with E-state index in [1.165, 1.54) is 17.5 Å². The number of nitrogens with zero attached hydrogens (tertiary/aromatic N) is 2. The zero-order valence-electron chi connectivity index (χ0n) is 11.1. The van der Waals surface area contributed by atoms with Gasteiger partial charge in [-0.2, -0.15) is 5.10 Å². The largest absolute Gasteiger partial charge is 0.478 e. The molecule has 0 saturated carbocycles.